The van der Waals surface area contributed by atoms with Crippen molar-refractivity contribution in [1.29, 1.82) is 0 Å². The number of carbonyl (C=O) groups excluding carboxylic acids is 1. The van der Waals surface area contributed by atoms with Crippen LogP contribution >= 0.6 is 0 Å². The summed E-state index contributed by atoms with van der Waals surface area (Å²) < 4.78 is 0. The van der Waals surface area contributed by atoms with Gasteiger partial charge in [0.1, 0.15) is 0 Å². The molecule has 1 unspecified atom stereocenters. The number of carbonyl (C=O) groups is 1. The van der Waals surface area contributed by atoms with E-state index in [2.05, 4.69) is 57.7 Å². The molecule has 0 bridgehead atoms. The first-order chi connectivity index (χ1) is 15.2. The third kappa shape index (κ3) is 7.42. The van der Waals surface area contributed by atoms with Gasteiger partial charge in [0.2, 0.25) is 5.91 Å². The van der Waals surface area contributed by atoms with Gasteiger partial charge in [0.25, 0.3) is 0 Å². The highest BCUT2D eigenvalue weighted by Gasteiger charge is 2.25. The first-order valence-electron chi connectivity index (χ1n) is 12.0. The number of guanidine groups is 1. The average molecular weight is 429 g/mol. The molecule has 0 aromatic heterocycles. The second-order valence-electron chi connectivity index (χ2n) is 8.46. The van der Waals surface area contributed by atoms with E-state index in [1.807, 2.05) is 11.8 Å². The van der Waals surface area contributed by atoms with Crippen molar-refractivity contribution in [3.8, 4) is 0 Å². The fourth-order valence-electron chi connectivity index (χ4n) is 4.35. The van der Waals surface area contributed by atoms with Gasteiger partial charge in [0.05, 0.1) is 0 Å². The zero-order chi connectivity index (χ0) is 21.9. The fourth-order valence-corrected chi connectivity index (χ4v) is 4.35. The minimum atomic E-state index is 0.246. The molecule has 0 saturated carbocycles. The van der Waals surface area contributed by atoms with Gasteiger partial charge < -0.3 is 20.4 Å². The van der Waals surface area contributed by atoms with E-state index < -0.39 is 0 Å². The Bertz CT molecular complexity index is 687. The smallest absolute Gasteiger partial charge is 0.222 e. The van der Waals surface area contributed by atoms with Crippen molar-refractivity contribution in [1.82, 2.24) is 20.4 Å². The van der Waals surface area contributed by atoms with Crippen LogP contribution in [0.15, 0.2) is 35.3 Å². The highest BCUT2D eigenvalue weighted by molar-refractivity contribution is 5.80. The van der Waals surface area contributed by atoms with Gasteiger partial charge in [0.15, 0.2) is 5.96 Å². The van der Waals surface area contributed by atoms with Gasteiger partial charge in [-0.1, -0.05) is 25.1 Å². The van der Waals surface area contributed by atoms with Gasteiger partial charge in [0, 0.05) is 70.5 Å². The van der Waals surface area contributed by atoms with Crippen molar-refractivity contribution in [2.75, 3.05) is 63.8 Å². The number of likely N-dealkylation sites (tertiary alicyclic amines) is 1. The number of piperazine rings is 1. The lowest BCUT2D eigenvalue weighted by Crippen LogP contribution is -2.46. The lowest BCUT2D eigenvalue weighted by molar-refractivity contribution is -0.129. The van der Waals surface area contributed by atoms with Gasteiger partial charge in [-0.25, -0.2) is 0 Å². The standard InChI is InChI=1S/C24H40N6O/c1-3-23(31)30-15-12-21(20-30)27-24(25-4-2)26-13-8-9-14-28-16-18-29(19-17-28)22-10-6-5-7-11-22/h5-7,10-11,21H,3-4,8-9,12-20H2,1-2H3,(H2,25,26,27). The maximum absolute atomic E-state index is 11.9. The summed E-state index contributed by atoms with van der Waals surface area (Å²) in [4.78, 5) is 23.7. The second-order valence-corrected chi connectivity index (χ2v) is 8.46. The molecule has 2 heterocycles. The van der Waals surface area contributed by atoms with Gasteiger partial charge in [-0.05, 0) is 44.9 Å². The first-order valence-corrected chi connectivity index (χ1v) is 12.0. The highest BCUT2D eigenvalue weighted by Crippen LogP contribution is 2.15. The van der Waals surface area contributed by atoms with E-state index >= 15 is 0 Å². The molecule has 1 aromatic rings. The summed E-state index contributed by atoms with van der Waals surface area (Å²) in [5, 5.41) is 6.86. The number of anilines is 1. The van der Waals surface area contributed by atoms with E-state index in [1.165, 1.54) is 12.1 Å². The van der Waals surface area contributed by atoms with Crippen molar-refractivity contribution < 1.29 is 4.79 Å². The molecule has 2 aliphatic heterocycles. The summed E-state index contributed by atoms with van der Waals surface area (Å²) in [7, 11) is 0. The fraction of sp³-hybridized carbons (Fsp3) is 0.667. The third-order valence-corrected chi connectivity index (χ3v) is 6.17. The molecular weight excluding hydrogens is 388 g/mol. The predicted molar refractivity (Wildman–Crippen MR) is 129 cm³/mol. The lowest BCUT2D eigenvalue weighted by Gasteiger charge is -2.36. The summed E-state index contributed by atoms with van der Waals surface area (Å²) in [6, 6.07) is 11.0. The molecule has 7 nitrogen and oxygen atoms in total. The van der Waals surface area contributed by atoms with Crippen molar-refractivity contribution >= 4 is 17.6 Å². The van der Waals surface area contributed by atoms with E-state index in [0.29, 0.717) is 12.5 Å². The summed E-state index contributed by atoms with van der Waals surface area (Å²) >= 11 is 0. The molecule has 2 saturated heterocycles. The van der Waals surface area contributed by atoms with Crippen LogP contribution in [0.3, 0.4) is 0 Å². The average Bonchev–Trinajstić information content (AvgIpc) is 3.28. The Labute approximate surface area is 187 Å². The quantitative estimate of drug-likeness (QED) is 0.359. The SMILES string of the molecule is CCNC(=NCCCCN1CCN(c2ccccc2)CC1)NC1CCN(C(=O)CC)C1. The van der Waals surface area contributed by atoms with E-state index in [-0.39, 0.29) is 5.91 Å². The van der Waals surface area contributed by atoms with E-state index in [9.17, 15) is 4.79 Å². The molecule has 31 heavy (non-hydrogen) atoms. The Kier molecular flexibility index (Phi) is 9.46. The third-order valence-electron chi connectivity index (χ3n) is 6.17. The minimum Gasteiger partial charge on any atom is -0.369 e. The Balaban J connectivity index is 1.32. The molecule has 1 amide bonds. The largest absolute Gasteiger partial charge is 0.369 e. The Morgan fingerprint density at radius 2 is 1.84 bits per heavy atom. The zero-order valence-electron chi connectivity index (χ0n) is 19.4. The topological polar surface area (TPSA) is 63.2 Å². The molecule has 1 atom stereocenters. The summed E-state index contributed by atoms with van der Waals surface area (Å²) in [5.41, 5.74) is 1.34. The van der Waals surface area contributed by atoms with Crippen LogP contribution in [0.25, 0.3) is 0 Å². The molecule has 2 aliphatic rings. The van der Waals surface area contributed by atoms with Crippen molar-refractivity contribution in [3.05, 3.63) is 30.3 Å². The Hall–Kier alpha value is -2.28. The van der Waals surface area contributed by atoms with Crippen molar-refractivity contribution in [2.45, 2.75) is 45.6 Å². The van der Waals surface area contributed by atoms with Gasteiger partial charge in [-0.2, -0.15) is 0 Å². The maximum atomic E-state index is 11.9. The van der Waals surface area contributed by atoms with Crippen molar-refractivity contribution in [3.63, 3.8) is 0 Å². The van der Waals surface area contributed by atoms with Crippen LogP contribution in [0.5, 0.6) is 0 Å². The number of hydrogen-bond acceptors (Lipinski definition) is 4. The number of para-hydroxylation sites is 1. The number of rotatable bonds is 9. The number of amides is 1. The molecule has 7 heteroatoms. The van der Waals surface area contributed by atoms with Crippen LogP contribution in [0.4, 0.5) is 5.69 Å². The van der Waals surface area contributed by atoms with Gasteiger partial charge in [-0.15, -0.1) is 0 Å². The summed E-state index contributed by atoms with van der Waals surface area (Å²) in [6.07, 6.45) is 3.85. The number of aliphatic imine (C=N–C) groups is 1. The highest BCUT2D eigenvalue weighted by atomic mass is 16.2. The number of nitrogens with one attached hydrogen (secondary N) is 2. The molecular formula is C24H40N6O. The minimum absolute atomic E-state index is 0.246. The molecule has 0 radical (unpaired) electrons. The normalized spacial score (nSPS) is 20.2. The zero-order valence-corrected chi connectivity index (χ0v) is 19.4. The number of hydrogen-bond donors (Lipinski definition) is 2. The number of unbranched alkanes of at least 4 members (excludes halogenated alkanes) is 1. The van der Waals surface area contributed by atoms with Gasteiger partial charge in [-0.3, -0.25) is 14.7 Å². The predicted octanol–water partition coefficient (Wildman–Crippen LogP) is 2.15. The number of benzene rings is 1. The molecule has 0 aliphatic carbocycles. The molecule has 1 aromatic carbocycles. The maximum Gasteiger partial charge on any atom is 0.222 e. The molecule has 0 spiro atoms. The van der Waals surface area contributed by atoms with Gasteiger partial charge >= 0.3 is 0 Å². The summed E-state index contributed by atoms with van der Waals surface area (Å²) in [6.45, 7) is 13.0. The Morgan fingerprint density at radius 1 is 1.06 bits per heavy atom. The van der Waals surface area contributed by atoms with Crippen LogP contribution in [-0.2, 0) is 4.79 Å². The van der Waals surface area contributed by atoms with Crippen LogP contribution in [0.1, 0.15) is 39.5 Å². The van der Waals surface area contributed by atoms with Crippen LogP contribution in [-0.4, -0.2) is 86.6 Å². The lowest BCUT2D eigenvalue weighted by atomic mass is 10.2. The molecule has 3 rings (SSSR count). The molecule has 2 N–H and O–H groups in total. The van der Waals surface area contributed by atoms with Crippen LogP contribution in [0, 0.1) is 0 Å². The number of nitrogens with zero attached hydrogens (tertiary/aromatic N) is 4. The van der Waals surface area contributed by atoms with Crippen molar-refractivity contribution in [2.24, 2.45) is 4.99 Å². The molecule has 2 fully saturated rings. The van der Waals surface area contributed by atoms with Crippen LogP contribution < -0.4 is 15.5 Å². The first kappa shape index (κ1) is 23.4. The van der Waals surface area contributed by atoms with E-state index in [4.69, 9.17) is 4.99 Å². The van der Waals surface area contributed by atoms with E-state index in [1.54, 1.807) is 0 Å². The monoisotopic (exact) mass is 428 g/mol. The second kappa shape index (κ2) is 12.5. The Morgan fingerprint density at radius 3 is 2.55 bits per heavy atom. The van der Waals surface area contributed by atoms with Crippen LogP contribution in [0.2, 0.25) is 0 Å². The summed E-state index contributed by atoms with van der Waals surface area (Å²) in [5.74, 6) is 1.13. The van der Waals surface area contributed by atoms with E-state index in [0.717, 1.165) is 77.7 Å². The molecule has 172 valence electrons.